The molecular formula is C15H21N5O4. The van der Waals surface area contributed by atoms with Crippen LogP contribution in [0.1, 0.15) is 42.9 Å². The van der Waals surface area contributed by atoms with E-state index in [1.807, 2.05) is 6.92 Å². The quantitative estimate of drug-likeness (QED) is 0.806. The Balaban J connectivity index is 2.53. The van der Waals surface area contributed by atoms with Gasteiger partial charge in [-0.25, -0.2) is 4.79 Å². The molecule has 2 rings (SSSR count). The van der Waals surface area contributed by atoms with Gasteiger partial charge in [0.25, 0.3) is 11.5 Å². The maximum Gasteiger partial charge on any atom is 0.330 e. The molecule has 0 atom stereocenters. The summed E-state index contributed by atoms with van der Waals surface area (Å²) in [7, 11) is 0. The number of aromatic nitrogens is 3. The smallest absolute Gasteiger partial charge is 0.330 e. The lowest BCUT2D eigenvalue weighted by atomic mass is 10.3. The van der Waals surface area contributed by atoms with Crippen LogP contribution in [0.25, 0.3) is 0 Å². The summed E-state index contributed by atoms with van der Waals surface area (Å²) in [5.74, 6) is -0.584. The highest BCUT2D eigenvalue weighted by Crippen LogP contribution is 2.19. The molecule has 0 bridgehead atoms. The summed E-state index contributed by atoms with van der Waals surface area (Å²) >= 11 is 0. The molecule has 0 aliphatic carbocycles. The Hall–Kier alpha value is -2.84. The number of hydrogen-bond acceptors (Lipinski definition) is 6. The van der Waals surface area contributed by atoms with Crippen molar-refractivity contribution in [3.8, 4) is 0 Å². The Morgan fingerprint density at radius 3 is 2.67 bits per heavy atom. The minimum Gasteiger partial charge on any atom is -0.383 e. The fourth-order valence-corrected chi connectivity index (χ4v) is 2.38. The molecule has 0 radical (unpaired) electrons. The van der Waals surface area contributed by atoms with E-state index in [0.29, 0.717) is 12.2 Å². The fraction of sp³-hybridized carbons (Fsp3) is 0.467. The third-order valence-corrected chi connectivity index (χ3v) is 3.62. The third kappa shape index (κ3) is 3.24. The molecule has 2 aromatic heterocycles. The number of H-pyrrole nitrogens is 1. The topological polar surface area (TPSA) is 127 Å². The maximum atomic E-state index is 12.6. The minimum absolute atomic E-state index is 0.000502. The summed E-state index contributed by atoms with van der Waals surface area (Å²) in [4.78, 5) is 40.2. The highest BCUT2D eigenvalue weighted by Gasteiger charge is 2.26. The highest BCUT2D eigenvalue weighted by atomic mass is 16.5. The highest BCUT2D eigenvalue weighted by molar-refractivity contribution is 6.05. The number of nitrogens with one attached hydrogen (secondary N) is 1. The standard InChI is InChI=1S/C15H21N5O4/c1-4-6-7-20-12(16)11(13(21)17-15(20)23)19(5-2)14(22)10-8-9(3)18-24-10/h8H,4-7,16H2,1-3H3,(H,17,21,23). The first kappa shape index (κ1) is 17.5. The summed E-state index contributed by atoms with van der Waals surface area (Å²) in [5.41, 5.74) is 5.21. The van der Waals surface area contributed by atoms with Gasteiger partial charge in [0.05, 0.1) is 5.69 Å². The number of carbonyl (C=O) groups excluding carboxylic acids is 1. The normalized spacial score (nSPS) is 10.8. The second-order valence-electron chi connectivity index (χ2n) is 5.38. The van der Waals surface area contributed by atoms with E-state index in [1.165, 1.54) is 15.5 Å². The van der Waals surface area contributed by atoms with Crippen LogP contribution in [-0.4, -0.2) is 27.2 Å². The lowest BCUT2D eigenvalue weighted by Crippen LogP contribution is -2.41. The predicted octanol–water partition coefficient (Wildman–Crippen LogP) is 0.882. The maximum absolute atomic E-state index is 12.6. The monoisotopic (exact) mass is 335 g/mol. The molecule has 0 spiro atoms. The van der Waals surface area contributed by atoms with Crippen LogP contribution in [0.15, 0.2) is 20.2 Å². The van der Waals surface area contributed by atoms with Gasteiger partial charge in [-0.15, -0.1) is 0 Å². The number of nitrogens with two attached hydrogens (primary N) is 1. The van der Waals surface area contributed by atoms with E-state index in [9.17, 15) is 14.4 Å². The Kier molecular flexibility index (Phi) is 5.22. The summed E-state index contributed by atoms with van der Waals surface area (Å²) in [6.07, 6.45) is 1.57. The van der Waals surface area contributed by atoms with Crippen molar-refractivity contribution >= 4 is 17.4 Å². The molecule has 0 aliphatic rings. The van der Waals surface area contributed by atoms with Gasteiger partial charge >= 0.3 is 5.69 Å². The van der Waals surface area contributed by atoms with Crippen molar-refractivity contribution in [2.75, 3.05) is 17.2 Å². The van der Waals surface area contributed by atoms with E-state index in [1.54, 1.807) is 13.8 Å². The van der Waals surface area contributed by atoms with Gasteiger partial charge in [0.15, 0.2) is 5.69 Å². The molecule has 0 fully saturated rings. The van der Waals surface area contributed by atoms with Gasteiger partial charge in [-0.1, -0.05) is 18.5 Å². The van der Waals surface area contributed by atoms with Gasteiger partial charge in [-0.2, -0.15) is 0 Å². The number of nitrogens with zero attached hydrogens (tertiary/aromatic N) is 3. The van der Waals surface area contributed by atoms with Crippen LogP contribution in [-0.2, 0) is 6.54 Å². The van der Waals surface area contributed by atoms with Gasteiger partial charge in [-0.05, 0) is 20.3 Å². The van der Waals surface area contributed by atoms with Crippen LogP contribution in [0.3, 0.4) is 0 Å². The number of aromatic amines is 1. The average molecular weight is 335 g/mol. The molecule has 2 aromatic rings. The molecule has 130 valence electrons. The van der Waals surface area contributed by atoms with Crippen LogP contribution < -0.4 is 21.9 Å². The second-order valence-corrected chi connectivity index (χ2v) is 5.38. The average Bonchev–Trinajstić information content (AvgIpc) is 2.97. The van der Waals surface area contributed by atoms with E-state index in [-0.39, 0.29) is 23.8 Å². The zero-order valence-electron chi connectivity index (χ0n) is 14.0. The number of hydrogen-bond donors (Lipinski definition) is 2. The van der Waals surface area contributed by atoms with Crippen LogP contribution >= 0.6 is 0 Å². The lowest BCUT2D eigenvalue weighted by molar-refractivity contribution is 0.0952. The Bertz CT molecular complexity index is 848. The number of anilines is 2. The zero-order valence-corrected chi connectivity index (χ0v) is 14.0. The van der Waals surface area contributed by atoms with Crippen molar-refractivity contribution in [1.82, 2.24) is 14.7 Å². The van der Waals surface area contributed by atoms with Crippen molar-refractivity contribution < 1.29 is 9.32 Å². The number of amides is 1. The van der Waals surface area contributed by atoms with Crippen LogP contribution in [0.5, 0.6) is 0 Å². The van der Waals surface area contributed by atoms with E-state index < -0.39 is 17.2 Å². The van der Waals surface area contributed by atoms with Gasteiger partial charge < -0.3 is 10.3 Å². The van der Waals surface area contributed by atoms with Crippen molar-refractivity contribution in [3.05, 3.63) is 38.4 Å². The predicted molar refractivity (Wildman–Crippen MR) is 89.2 cm³/mol. The van der Waals surface area contributed by atoms with E-state index in [0.717, 1.165) is 12.8 Å². The first-order chi connectivity index (χ1) is 11.4. The lowest BCUT2D eigenvalue weighted by Gasteiger charge is -2.21. The summed E-state index contributed by atoms with van der Waals surface area (Å²) < 4.78 is 6.23. The van der Waals surface area contributed by atoms with Crippen LogP contribution in [0.2, 0.25) is 0 Å². The molecule has 1 amide bonds. The molecular weight excluding hydrogens is 314 g/mol. The fourth-order valence-electron chi connectivity index (χ4n) is 2.38. The number of unbranched alkanes of at least 4 members (excludes halogenated alkanes) is 1. The molecule has 9 nitrogen and oxygen atoms in total. The van der Waals surface area contributed by atoms with Crippen molar-refractivity contribution in [2.24, 2.45) is 0 Å². The number of carbonyl (C=O) groups is 1. The molecule has 0 saturated carbocycles. The molecule has 9 heteroatoms. The summed E-state index contributed by atoms with van der Waals surface area (Å²) in [5, 5.41) is 3.67. The van der Waals surface area contributed by atoms with Gasteiger partial charge in [-0.3, -0.25) is 24.0 Å². The SMILES string of the molecule is CCCCn1c(N)c(N(CC)C(=O)c2cc(C)no2)c(=O)[nH]c1=O. The van der Waals surface area contributed by atoms with Gasteiger partial charge in [0, 0.05) is 19.2 Å². The zero-order chi connectivity index (χ0) is 17.9. The minimum atomic E-state index is -0.711. The number of aryl methyl sites for hydroxylation is 1. The second kappa shape index (κ2) is 7.16. The van der Waals surface area contributed by atoms with Gasteiger partial charge in [0.2, 0.25) is 5.76 Å². The van der Waals surface area contributed by atoms with Crippen molar-refractivity contribution in [2.45, 2.75) is 40.2 Å². The summed E-state index contributed by atoms with van der Waals surface area (Å²) in [6.45, 7) is 5.89. The van der Waals surface area contributed by atoms with Crippen molar-refractivity contribution in [3.63, 3.8) is 0 Å². The molecule has 0 unspecified atom stereocenters. The van der Waals surface area contributed by atoms with E-state index in [4.69, 9.17) is 10.3 Å². The Morgan fingerprint density at radius 2 is 2.12 bits per heavy atom. The Labute approximate surface area is 138 Å². The first-order valence-electron chi connectivity index (χ1n) is 7.78. The number of nitrogen functional groups attached to an aromatic ring is 1. The first-order valence-corrected chi connectivity index (χ1v) is 7.78. The molecule has 0 aliphatic heterocycles. The molecule has 0 aromatic carbocycles. The van der Waals surface area contributed by atoms with Crippen molar-refractivity contribution in [1.29, 1.82) is 0 Å². The van der Waals surface area contributed by atoms with Crippen LogP contribution in [0, 0.1) is 6.92 Å². The summed E-state index contributed by atoms with van der Waals surface area (Å²) in [6, 6.07) is 1.47. The van der Waals surface area contributed by atoms with E-state index >= 15 is 0 Å². The molecule has 0 saturated heterocycles. The van der Waals surface area contributed by atoms with Crippen LogP contribution in [0.4, 0.5) is 11.5 Å². The molecule has 3 N–H and O–H groups in total. The molecule has 24 heavy (non-hydrogen) atoms. The largest absolute Gasteiger partial charge is 0.383 e. The number of rotatable bonds is 6. The van der Waals surface area contributed by atoms with Gasteiger partial charge in [0.1, 0.15) is 5.82 Å². The molecule has 2 heterocycles. The van der Waals surface area contributed by atoms with E-state index in [2.05, 4.69) is 10.1 Å². The Morgan fingerprint density at radius 1 is 1.42 bits per heavy atom. The third-order valence-electron chi connectivity index (χ3n) is 3.62.